The summed E-state index contributed by atoms with van der Waals surface area (Å²) in [7, 11) is 0.790. The second-order valence-electron chi connectivity index (χ2n) is 6.34. The van der Waals surface area contributed by atoms with Crippen LogP contribution in [0.1, 0.15) is 30.5 Å². The van der Waals surface area contributed by atoms with Crippen LogP contribution in [0.2, 0.25) is 0 Å². The van der Waals surface area contributed by atoms with Crippen molar-refractivity contribution in [3.8, 4) is 0 Å². The predicted octanol–water partition coefficient (Wildman–Crippen LogP) is 0.730. The first-order valence-corrected chi connectivity index (χ1v) is 10.2. The molecule has 24 heavy (non-hydrogen) atoms. The smallest absolute Gasteiger partial charge is 0.237 e. The Balaban J connectivity index is 2.64. The SMILES string of the molecule is CCc1ccc(C(CNC(=O)C(N)CCS(C)(=O)=O)N(C)C)cc1. The molecular formula is C17H29N3O3S. The molecule has 136 valence electrons. The molecule has 0 aliphatic heterocycles. The van der Waals surface area contributed by atoms with Gasteiger partial charge in [0.1, 0.15) is 9.84 Å². The van der Waals surface area contributed by atoms with Crippen LogP contribution < -0.4 is 11.1 Å². The van der Waals surface area contributed by atoms with Crippen molar-refractivity contribution >= 4 is 15.7 Å². The average Bonchev–Trinajstić information content (AvgIpc) is 2.52. The molecule has 1 amide bonds. The van der Waals surface area contributed by atoms with Crippen LogP contribution in [-0.2, 0) is 21.1 Å². The first kappa shape index (κ1) is 20.6. The number of nitrogens with two attached hydrogens (primary N) is 1. The number of nitrogens with zero attached hydrogens (tertiary/aromatic N) is 1. The van der Waals surface area contributed by atoms with Gasteiger partial charge in [0.15, 0.2) is 0 Å². The molecule has 0 aromatic heterocycles. The largest absolute Gasteiger partial charge is 0.353 e. The summed E-state index contributed by atoms with van der Waals surface area (Å²) in [6.45, 7) is 2.53. The lowest BCUT2D eigenvalue weighted by molar-refractivity contribution is -0.122. The second-order valence-corrected chi connectivity index (χ2v) is 8.60. The third-order valence-electron chi connectivity index (χ3n) is 4.00. The highest BCUT2D eigenvalue weighted by Crippen LogP contribution is 2.18. The van der Waals surface area contributed by atoms with Crippen LogP contribution in [0.15, 0.2) is 24.3 Å². The molecule has 7 heteroatoms. The molecule has 0 bridgehead atoms. The Kier molecular flexibility index (Phi) is 7.86. The van der Waals surface area contributed by atoms with Crippen LogP contribution in [0.5, 0.6) is 0 Å². The van der Waals surface area contributed by atoms with E-state index in [0.29, 0.717) is 6.54 Å². The Labute approximate surface area is 145 Å². The van der Waals surface area contributed by atoms with E-state index in [1.54, 1.807) is 0 Å². The number of aryl methyl sites for hydroxylation is 1. The fourth-order valence-electron chi connectivity index (χ4n) is 2.37. The highest BCUT2D eigenvalue weighted by molar-refractivity contribution is 7.90. The van der Waals surface area contributed by atoms with Gasteiger partial charge in [-0.05, 0) is 38.1 Å². The first-order chi connectivity index (χ1) is 11.1. The molecule has 0 fully saturated rings. The maximum absolute atomic E-state index is 12.1. The summed E-state index contributed by atoms with van der Waals surface area (Å²) < 4.78 is 22.3. The van der Waals surface area contributed by atoms with Gasteiger partial charge in [0.2, 0.25) is 5.91 Å². The van der Waals surface area contributed by atoms with Crippen molar-refractivity contribution in [1.82, 2.24) is 10.2 Å². The van der Waals surface area contributed by atoms with E-state index in [1.165, 1.54) is 5.56 Å². The summed E-state index contributed by atoms with van der Waals surface area (Å²) in [5.74, 6) is -0.410. The molecular weight excluding hydrogens is 326 g/mol. The van der Waals surface area contributed by atoms with E-state index in [1.807, 2.05) is 19.0 Å². The lowest BCUT2D eigenvalue weighted by atomic mass is 10.0. The van der Waals surface area contributed by atoms with Crippen molar-refractivity contribution in [3.63, 3.8) is 0 Å². The summed E-state index contributed by atoms with van der Waals surface area (Å²) in [6, 6.07) is 7.53. The van der Waals surface area contributed by atoms with E-state index in [4.69, 9.17) is 5.73 Å². The van der Waals surface area contributed by atoms with Crippen LogP contribution in [0.4, 0.5) is 0 Å². The number of sulfone groups is 1. The lowest BCUT2D eigenvalue weighted by Gasteiger charge is -2.26. The number of likely N-dealkylation sites (N-methyl/N-ethyl adjacent to an activating group) is 1. The van der Waals surface area contributed by atoms with Crippen LogP contribution in [0.3, 0.4) is 0 Å². The molecule has 2 atom stereocenters. The van der Waals surface area contributed by atoms with E-state index in [0.717, 1.165) is 18.2 Å². The number of hydrogen-bond acceptors (Lipinski definition) is 5. The summed E-state index contributed by atoms with van der Waals surface area (Å²) >= 11 is 0. The van der Waals surface area contributed by atoms with E-state index >= 15 is 0 Å². The van der Waals surface area contributed by atoms with Gasteiger partial charge in [-0.15, -0.1) is 0 Å². The molecule has 3 N–H and O–H groups in total. The van der Waals surface area contributed by atoms with Crippen molar-refractivity contribution in [2.75, 3.05) is 32.6 Å². The number of amides is 1. The number of nitrogens with one attached hydrogen (secondary N) is 1. The zero-order valence-electron chi connectivity index (χ0n) is 15.0. The van der Waals surface area contributed by atoms with Gasteiger partial charge in [-0.1, -0.05) is 31.2 Å². The van der Waals surface area contributed by atoms with Gasteiger partial charge in [-0.3, -0.25) is 4.79 Å². The van der Waals surface area contributed by atoms with Gasteiger partial charge in [-0.25, -0.2) is 8.42 Å². The van der Waals surface area contributed by atoms with Crippen molar-refractivity contribution in [2.45, 2.75) is 31.8 Å². The van der Waals surface area contributed by atoms with Gasteiger partial charge in [0.05, 0.1) is 17.8 Å². The molecule has 0 spiro atoms. The average molecular weight is 356 g/mol. The molecule has 1 aromatic carbocycles. The number of carbonyl (C=O) groups is 1. The Morgan fingerprint density at radius 3 is 2.29 bits per heavy atom. The lowest BCUT2D eigenvalue weighted by Crippen LogP contribution is -2.44. The molecule has 1 aromatic rings. The molecule has 2 unspecified atom stereocenters. The maximum atomic E-state index is 12.1. The molecule has 0 radical (unpaired) electrons. The highest BCUT2D eigenvalue weighted by atomic mass is 32.2. The highest BCUT2D eigenvalue weighted by Gasteiger charge is 2.19. The fraction of sp³-hybridized carbons (Fsp3) is 0.588. The Bertz CT molecular complexity index is 627. The fourth-order valence-corrected chi connectivity index (χ4v) is 3.06. The predicted molar refractivity (Wildman–Crippen MR) is 97.6 cm³/mol. The molecule has 0 saturated heterocycles. The van der Waals surface area contributed by atoms with E-state index in [2.05, 4.69) is 36.5 Å². The monoisotopic (exact) mass is 355 g/mol. The normalized spacial score (nSPS) is 14.4. The third-order valence-corrected chi connectivity index (χ3v) is 4.98. The minimum Gasteiger partial charge on any atom is -0.353 e. The number of benzene rings is 1. The summed E-state index contributed by atoms with van der Waals surface area (Å²) in [5.41, 5.74) is 8.15. The molecule has 1 rings (SSSR count). The van der Waals surface area contributed by atoms with Crippen LogP contribution in [0, 0.1) is 0 Å². The Morgan fingerprint density at radius 2 is 1.83 bits per heavy atom. The van der Waals surface area contributed by atoms with Crippen molar-refractivity contribution in [2.24, 2.45) is 5.73 Å². The Morgan fingerprint density at radius 1 is 1.25 bits per heavy atom. The van der Waals surface area contributed by atoms with Gasteiger partial charge in [-0.2, -0.15) is 0 Å². The Hall–Kier alpha value is -1.44. The van der Waals surface area contributed by atoms with E-state index in [-0.39, 0.29) is 24.1 Å². The van der Waals surface area contributed by atoms with Crippen molar-refractivity contribution < 1.29 is 13.2 Å². The topological polar surface area (TPSA) is 92.5 Å². The van der Waals surface area contributed by atoms with E-state index < -0.39 is 15.9 Å². The second kappa shape index (κ2) is 9.15. The van der Waals surface area contributed by atoms with Crippen molar-refractivity contribution in [1.29, 1.82) is 0 Å². The summed E-state index contributed by atoms with van der Waals surface area (Å²) in [4.78, 5) is 14.1. The number of carbonyl (C=O) groups excluding carboxylic acids is 1. The molecule has 0 aliphatic carbocycles. The van der Waals surface area contributed by atoms with Crippen molar-refractivity contribution in [3.05, 3.63) is 35.4 Å². The van der Waals surface area contributed by atoms with Gasteiger partial charge >= 0.3 is 0 Å². The molecule has 6 nitrogen and oxygen atoms in total. The van der Waals surface area contributed by atoms with Crippen LogP contribution in [0.25, 0.3) is 0 Å². The number of hydrogen-bond donors (Lipinski definition) is 2. The number of rotatable bonds is 9. The quantitative estimate of drug-likeness (QED) is 0.681. The summed E-state index contributed by atoms with van der Waals surface area (Å²) in [6.07, 6.45) is 2.25. The zero-order valence-corrected chi connectivity index (χ0v) is 15.8. The van der Waals surface area contributed by atoms with Gasteiger partial charge in [0.25, 0.3) is 0 Å². The minimum absolute atomic E-state index is 0.0296. The maximum Gasteiger partial charge on any atom is 0.237 e. The standard InChI is InChI=1S/C17H29N3O3S/c1-5-13-6-8-14(9-7-13)16(20(2)3)12-19-17(21)15(18)10-11-24(4,22)23/h6-9,15-16H,5,10-12,18H2,1-4H3,(H,19,21). The van der Waals surface area contributed by atoms with E-state index in [9.17, 15) is 13.2 Å². The molecule has 0 heterocycles. The minimum atomic E-state index is -3.12. The van der Waals surface area contributed by atoms with Gasteiger partial charge in [0, 0.05) is 12.8 Å². The zero-order chi connectivity index (χ0) is 18.3. The molecule has 0 aliphatic rings. The van der Waals surface area contributed by atoms with Crippen LogP contribution >= 0.6 is 0 Å². The summed E-state index contributed by atoms with van der Waals surface area (Å²) in [5, 5.41) is 2.83. The first-order valence-electron chi connectivity index (χ1n) is 8.10. The third kappa shape index (κ3) is 6.98. The molecule has 0 saturated carbocycles. The van der Waals surface area contributed by atoms with Crippen LogP contribution in [-0.4, -0.2) is 57.9 Å². The van der Waals surface area contributed by atoms with Gasteiger partial charge < -0.3 is 16.0 Å².